The Labute approximate surface area is 117 Å². The Morgan fingerprint density at radius 3 is 2.85 bits per heavy atom. The molecule has 0 N–H and O–H groups in total. The highest BCUT2D eigenvalue weighted by atomic mass is 16.5. The zero-order chi connectivity index (χ0) is 14.8. The van der Waals surface area contributed by atoms with Crippen LogP contribution in [0.5, 0.6) is 0 Å². The van der Waals surface area contributed by atoms with Gasteiger partial charge in [-0.3, -0.25) is 9.78 Å². The third-order valence-electron chi connectivity index (χ3n) is 3.03. The van der Waals surface area contributed by atoms with E-state index in [9.17, 15) is 4.79 Å². The van der Waals surface area contributed by atoms with Crippen molar-refractivity contribution in [2.75, 3.05) is 6.61 Å². The minimum atomic E-state index is -0.975. The maximum Gasteiger partial charge on any atom is 0.321 e. The summed E-state index contributed by atoms with van der Waals surface area (Å²) in [6, 6.07) is 1.86. The summed E-state index contributed by atoms with van der Waals surface area (Å²) in [7, 11) is 0. The largest absolute Gasteiger partial charge is 0.465 e. The molecule has 0 saturated heterocycles. The van der Waals surface area contributed by atoms with E-state index in [2.05, 4.69) is 15.1 Å². The molecule has 0 aliphatic heterocycles. The van der Waals surface area contributed by atoms with Crippen molar-refractivity contribution in [2.45, 2.75) is 33.1 Å². The fourth-order valence-corrected chi connectivity index (χ4v) is 1.68. The van der Waals surface area contributed by atoms with Gasteiger partial charge in [-0.15, -0.1) is 0 Å². The molecule has 6 nitrogen and oxygen atoms in total. The number of nitrogens with zero attached hydrogens (tertiary/aromatic N) is 3. The quantitative estimate of drug-likeness (QED) is 0.796. The molecule has 2 heterocycles. The minimum Gasteiger partial charge on any atom is -0.465 e. The average Bonchev–Trinajstić information content (AvgIpc) is 2.89. The van der Waals surface area contributed by atoms with E-state index in [1.807, 2.05) is 13.0 Å². The Balaban J connectivity index is 2.34. The van der Waals surface area contributed by atoms with Crippen LogP contribution in [-0.4, -0.2) is 27.7 Å². The number of pyridine rings is 1. The second-order valence-corrected chi connectivity index (χ2v) is 4.96. The second-order valence-electron chi connectivity index (χ2n) is 4.96. The molecule has 106 valence electrons. The van der Waals surface area contributed by atoms with Gasteiger partial charge in [-0.25, -0.2) is 0 Å². The Bertz CT molecular complexity index is 620. The lowest BCUT2D eigenvalue weighted by atomic mass is 9.94. The van der Waals surface area contributed by atoms with E-state index >= 15 is 0 Å². The highest BCUT2D eigenvalue weighted by Gasteiger charge is 2.37. The van der Waals surface area contributed by atoms with E-state index in [1.165, 1.54) is 0 Å². The van der Waals surface area contributed by atoms with Crippen LogP contribution in [0, 0.1) is 6.92 Å². The van der Waals surface area contributed by atoms with Gasteiger partial charge in [0.05, 0.1) is 6.61 Å². The van der Waals surface area contributed by atoms with Crippen LogP contribution in [-0.2, 0) is 14.9 Å². The maximum atomic E-state index is 11.9. The van der Waals surface area contributed by atoms with Crippen molar-refractivity contribution < 1.29 is 14.1 Å². The highest BCUT2D eigenvalue weighted by molar-refractivity contribution is 5.80. The molecule has 6 heteroatoms. The molecule has 0 atom stereocenters. The summed E-state index contributed by atoms with van der Waals surface area (Å²) in [5.41, 5.74) is 0.792. The molecule has 0 fully saturated rings. The second kappa shape index (κ2) is 5.40. The summed E-state index contributed by atoms with van der Waals surface area (Å²) in [5.74, 6) is 0.260. The van der Waals surface area contributed by atoms with Gasteiger partial charge in [0.25, 0.3) is 0 Å². The van der Waals surface area contributed by atoms with Gasteiger partial charge < -0.3 is 9.26 Å². The monoisotopic (exact) mass is 275 g/mol. The number of esters is 1. The summed E-state index contributed by atoms with van der Waals surface area (Å²) < 4.78 is 10.2. The van der Waals surface area contributed by atoms with Crippen molar-refractivity contribution in [1.82, 2.24) is 15.1 Å². The SMILES string of the molecule is CCOC(=O)C(C)(C)c1nc(-c2cnccc2C)no1. The first-order valence-corrected chi connectivity index (χ1v) is 6.39. The van der Waals surface area contributed by atoms with Crippen molar-refractivity contribution >= 4 is 5.97 Å². The zero-order valence-electron chi connectivity index (χ0n) is 12.0. The van der Waals surface area contributed by atoms with E-state index < -0.39 is 11.4 Å². The van der Waals surface area contributed by atoms with Crippen molar-refractivity contribution in [3.05, 3.63) is 29.9 Å². The van der Waals surface area contributed by atoms with E-state index in [4.69, 9.17) is 9.26 Å². The number of aryl methyl sites for hydroxylation is 1. The summed E-state index contributed by atoms with van der Waals surface area (Å²) in [6.45, 7) is 7.39. The van der Waals surface area contributed by atoms with Crippen LogP contribution in [0.25, 0.3) is 11.4 Å². The number of ether oxygens (including phenoxy) is 1. The third-order valence-corrected chi connectivity index (χ3v) is 3.03. The van der Waals surface area contributed by atoms with Gasteiger partial charge in [0.2, 0.25) is 11.7 Å². The maximum absolute atomic E-state index is 11.9. The summed E-state index contributed by atoms with van der Waals surface area (Å²) >= 11 is 0. The van der Waals surface area contributed by atoms with Crippen LogP contribution < -0.4 is 0 Å². The summed E-state index contributed by atoms with van der Waals surface area (Å²) in [6.07, 6.45) is 3.36. The molecule has 0 aliphatic carbocycles. The van der Waals surface area contributed by atoms with Crippen molar-refractivity contribution in [3.8, 4) is 11.4 Å². The fourth-order valence-electron chi connectivity index (χ4n) is 1.68. The Hall–Kier alpha value is -2.24. The number of carbonyl (C=O) groups excluding carboxylic acids is 1. The highest BCUT2D eigenvalue weighted by Crippen LogP contribution is 2.26. The molecule has 0 amide bonds. The number of aromatic nitrogens is 3. The molecular formula is C14H17N3O3. The normalized spacial score (nSPS) is 11.4. The van der Waals surface area contributed by atoms with E-state index in [0.717, 1.165) is 11.1 Å². The van der Waals surface area contributed by atoms with Gasteiger partial charge in [-0.05, 0) is 39.3 Å². The zero-order valence-corrected chi connectivity index (χ0v) is 12.0. The first kappa shape index (κ1) is 14.2. The smallest absolute Gasteiger partial charge is 0.321 e. The van der Waals surface area contributed by atoms with E-state index in [1.54, 1.807) is 33.2 Å². The number of hydrogen-bond donors (Lipinski definition) is 0. The number of rotatable bonds is 4. The summed E-state index contributed by atoms with van der Waals surface area (Å²) in [5, 5.41) is 3.92. The van der Waals surface area contributed by atoms with Gasteiger partial charge in [-0.1, -0.05) is 5.16 Å². The van der Waals surface area contributed by atoms with Crippen LogP contribution in [0.1, 0.15) is 32.2 Å². The topological polar surface area (TPSA) is 78.1 Å². The van der Waals surface area contributed by atoms with Crippen molar-refractivity contribution in [3.63, 3.8) is 0 Å². The predicted octanol–water partition coefficient (Wildman–Crippen LogP) is 2.28. The molecule has 2 aromatic heterocycles. The molecule has 0 bridgehead atoms. The lowest BCUT2D eigenvalue weighted by Crippen LogP contribution is -2.31. The predicted molar refractivity (Wildman–Crippen MR) is 71.9 cm³/mol. The number of hydrogen-bond acceptors (Lipinski definition) is 6. The van der Waals surface area contributed by atoms with Crippen molar-refractivity contribution in [2.24, 2.45) is 0 Å². The average molecular weight is 275 g/mol. The lowest BCUT2D eigenvalue weighted by Gasteiger charge is -2.16. The molecular weight excluding hydrogens is 258 g/mol. The van der Waals surface area contributed by atoms with Crippen LogP contribution in [0.4, 0.5) is 0 Å². The number of carbonyl (C=O) groups is 1. The van der Waals surface area contributed by atoms with Gasteiger partial charge in [0.1, 0.15) is 5.41 Å². The molecule has 0 aromatic carbocycles. The molecule has 0 unspecified atom stereocenters. The van der Waals surface area contributed by atoms with Crippen LogP contribution in [0.15, 0.2) is 23.0 Å². The standard InChI is InChI=1S/C14H17N3O3/c1-5-19-13(18)14(3,4)12-16-11(17-20-12)10-8-15-7-6-9(10)2/h6-8H,5H2,1-4H3. The van der Waals surface area contributed by atoms with Gasteiger partial charge >= 0.3 is 5.97 Å². The molecule has 0 radical (unpaired) electrons. The molecule has 0 aliphatic rings. The molecule has 2 rings (SSSR count). The molecule has 2 aromatic rings. The Kier molecular flexibility index (Phi) is 3.83. The van der Waals surface area contributed by atoms with Gasteiger partial charge in [0, 0.05) is 18.0 Å². The Morgan fingerprint density at radius 2 is 2.20 bits per heavy atom. The van der Waals surface area contributed by atoms with Gasteiger partial charge in [0.15, 0.2) is 0 Å². The van der Waals surface area contributed by atoms with Crippen molar-refractivity contribution in [1.29, 1.82) is 0 Å². The van der Waals surface area contributed by atoms with E-state index in [0.29, 0.717) is 12.4 Å². The first-order valence-electron chi connectivity index (χ1n) is 6.39. The first-order chi connectivity index (χ1) is 9.46. The van der Waals surface area contributed by atoms with E-state index in [-0.39, 0.29) is 5.89 Å². The molecule has 0 spiro atoms. The summed E-state index contributed by atoms with van der Waals surface area (Å²) in [4.78, 5) is 20.3. The van der Waals surface area contributed by atoms with Crippen LogP contribution >= 0.6 is 0 Å². The Morgan fingerprint density at radius 1 is 1.45 bits per heavy atom. The fraction of sp³-hybridized carbons (Fsp3) is 0.429. The minimum absolute atomic E-state index is 0.231. The van der Waals surface area contributed by atoms with Crippen LogP contribution in [0.3, 0.4) is 0 Å². The molecule has 20 heavy (non-hydrogen) atoms. The third kappa shape index (κ3) is 2.54. The lowest BCUT2D eigenvalue weighted by molar-refractivity contribution is -0.149. The van der Waals surface area contributed by atoms with Gasteiger partial charge in [-0.2, -0.15) is 4.98 Å². The molecule has 0 saturated carbocycles. The van der Waals surface area contributed by atoms with Crippen LogP contribution in [0.2, 0.25) is 0 Å².